The van der Waals surface area contributed by atoms with Crippen LogP contribution >= 0.6 is 11.6 Å². The molecule has 0 bridgehead atoms. The van der Waals surface area contributed by atoms with Gasteiger partial charge in [0.2, 0.25) is 0 Å². The second-order valence-electron chi connectivity index (χ2n) is 9.90. The normalized spacial score (nSPS) is 18.6. The van der Waals surface area contributed by atoms with E-state index in [9.17, 15) is 19.5 Å². The molecule has 2 amide bonds. The first kappa shape index (κ1) is 32.2. The first-order chi connectivity index (χ1) is 19.6. The third-order valence-corrected chi connectivity index (χ3v) is 7.55. The first-order valence-corrected chi connectivity index (χ1v) is 14.1. The number of ketones is 1. The lowest BCUT2D eigenvalue weighted by Crippen LogP contribution is -2.66. The van der Waals surface area contributed by atoms with Gasteiger partial charge in [-0.05, 0) is 39.3 Å². The van der Waals surface area contributed by atoms with E-state index < -0.39 is 23.6 Å². The van der Waals surface area contributed by atoms with Crippen molar-refractivity contribution in [2.45, 2.75) is 64.8 Å². The van der Waals surface area contributed by atoms with Crippen LogP contribution < -0.4 is 14.8 Å². The summed E-state index contributed by atoms with van der Waals surface area (Å²) in [4.78, 5) is 39.9. The number of carboxylic acids is 1. The van der Waals surface area contributed by atoms with E-state index in [1.165, 1.54) is 18.9 Å². The highest BCUT2D eigenvalue weighted by atomic mass is 35.5. The number of nitrogens with zero attached hydrogens (tertiary/aromatic N) is 1. The molecule has 1 saturated carbocycles. The predicted molar refractivity (Wildman–Crippen MR) is 154 cm³/mol. The number of rotatable bonds is 15. The molecule has 3 rings (SSSR count). The fourth-order valence-electron chi connectivity index (χ4n) is 4.87. The number of nitrogens with one attached hydrogen (secondary N) is 1. The van der Waals surface area contributed by atoms with Crippen molar-refractivity contribution in [3.8, 4) is 11.5 Å². The molecule has 0 radical (unpaired) electrons. The average Bonchev–Trinajstić information content (AvgIpc) is 2.92. The SMILES string of the molecule is CCOc1cc(C(C)N(CCOCc2ccccc2)C(=O)NC2(C(=O)O)CC(OC)C2)c(Cl)c(OCC)c1C(C)=O. The van der Waals surface area contributed by atoms with Crippen LogP contribution in [-0.2, 0) is 20.9 Å². The Morgan fingerprint density at radius 1 is 1.15 bits per heavy atom. The highest BCUT2D eigenvalue weighted by molar-refractivity contribution is 6.33. The molecular formula is C30H39ClN2O8. The second-order valence-corrected chi connectivity index (χ2v) is 10.3. The lowest BCUT2D eigenvalue weighted by molar-refractivity contribution is -0.155. The van der Waals surface area contributed by atoms with E-state index in [4.69, 9.17) is 30.5 Å². The Kier molecular flexibility index (Phi) is 11.4. The van der Waals surface area contributed by atoms with E-state index in [2.05, 4.69) is 5.32 Å². The van der Waals surface area contributed by atoms with Crippen molar-refractivity contribution in [3.63, 3.8) is 0 Å². The molecule has 2 N–H and O–H groups in total. The molecule has 1 aliphatic rings. The van der Waals surface area contributed by atoms with E-state index in [1.807, 2.05) is 30.3 Å². The molecule has 0 spiro atoms. The molecule has 0 heterocycles. The number of ether oxygens (including phenoxy) is 4. The van der Waals surface area contributed by atoms with Crippen LogP contribution in [0.5, 0.6) is 11.5 Å². The van der Waals surface area contributed by atoms with E-state index >= 15 is 0 Å². The Bertz CT molecular complexity index is 1220. The number of aliphatic carboxylic acids is 1. The van der Waals surface area contributed by atoms with Gasteiger partial charge >= 0.3 is 12.0 Å². The molecule has 224 valence electrons. The largest absolute Gasteiger partial charge is 0.493 e. The number of methoxy groups -OCH3 is 1. The van der Waals surface area contributed by atoms with Crippen LogP contribution in [0.1, 0.15) is 68.1 Å². The van der Waals surface area contributed by atoms with Crippen LogP contribution in [-0.4, -0.2) is 72.9 Å². The van der Waals surface area contributed by atoms with E-state index in [0.29, 0.717) is 24.5 Å². The summed E-state index contributed by atoms with van der Waals surface area (Å²) in [5, 5.41) is 12.8. The van der Waals surface area contributed by atoms with Crippen molar-refractivity contribution in [2.75, 3.05) is 33.5 Å². The summed E-state index contributed by atoms with van der Waals surface area (Å²) in [5.41, 5.74) is 0.235. The Morgan fingerprint density at radius 2 is 1.80 bits per heavy atom. The zero-order chi connectivity index (χ0) is 30.2. The summed E-state index contributed by atoms with van der Waals surface area (Å²) >= 11 is 6.82. The maximum Gasteiger partial charge on any atom is 0.329 e. The van der Waals surface area contributed by atoms with Gasteiger partial charge < -0.3 is 34.3 Å². The van der Waals surface area contributed by atoms with E-state index in [1.54, 1.807) is 26.8 Å². The van der Waals surface area contributed by atoms with Gasteiger partial charge in [-0.25, -0.2) is 9.59 Å². The van der Waals surface area contributed by atoms with Gasteiger partial charge in [-0.3, -0.25) is 4.79 Å². The van der Waals surface area contributed by atoms with Crippen LogP contribution in [0, 0.1) is 0 Å². The lowest BCUT2D eigenvalue weighted by Gasteiger charge is -2.45. The van der Waals surface area contributed by atoms with Crippen molar-refractivity contribution in [3.05, 3.63) is 58.1 Å². The first-order valence-electron chi connectivity index (χ1n) is 13.7. The average molecular weight is 591 g/mol. The minimum Gasteiger partial charge on any atom is -0.493 e. The quantitative estimate of drug-likeness (QED) is 0.213. The molecule has 0 aromatic heterocycles. The van der Waals surface area contributed by atoms with Gasteiger partial charge in [0.15, 0.2) is 11.5 Å². The molecule has 1 aliphatic carbocycles. The van der Waals surface area contributed by atoms with Crippen LogP contribution in [0.25, 0.3) is 0 Å². The van der Waals surface area contributed by atoms with Gasteiger partial charge in [0.05, 0.1) is 43.6 Å². The van der Waals surface area contributed by atoms with E-state index in [-0.39, 0.29) is 60.8 Å². The number of hydrogen-bond donors (Lipinski definition) is 2. The maximum atomic E-state index is 13.7. The summed E-state index contributed by atoms with van der Waals surface area (Å²) in [5.74, 6) is -0.936. The number of halogens is 1. The third-order valence-electron chi connectivity index (χ3n) is 7.16. The predicted octanol–water partition coefficient (Wildman–Crippen LogP) is 5.26. The van der Waals surface area contributed by atoms with Gasteiger partial charge in [0, 0.05) is 32.1 Å². The zero-order valence-corrected chi connectivity index (χ0v) is 25.0. The summed E-state index contributed by atoms with van der Waals surface area (Å²) in [6, 6.07) is 9.98. The van der Waals surface area contributed by atoms with Gasteiger partial charge in [0.25, 0.3) is 0 Å². The number of benzene rings is 2. The number of carbonyl (C=O) groups is 3. The number of Topliss-reactive ketones (excluding diaryl/α,β-unsaturated/α-hetero) is 1. The van der Waals surface area contributed by atoms with E-state index in [0.717, 1.165) is 5.56 Å². The Hall–Kier alpha value is -3.34. The van der Waals surface area contributed by atoms with Crippen molar-refractivity contribution in [2.24, 2.45) is 0 Å². The fraction of sp³-hybridized carbons (Fsp3) is 0.500. The highest BCUT2D eigenvalue weighted by Gasteiger charge is 2.52. The molecule has 0 saturated heterocycles. The van der Waals surface area contributed by atoms with Crippen molar-refractivity contribution in [1.29, 1.82) is 0 Å². The van der Waals surface area contributed by atoms with Crippen molar-refractivity contribution < 1.29 is 38.4 Å². The van der Waals surface area contributed by atoms with Gasteiger partial charge in [-0.1, -0.05) is 41.9 Å². The lowest BCUT2D eigenvalue weighted by atomic mass is 9.74. The third kappa shape index (κ3) is 7.49. The topological polar surface area (TPSA) is 124 Å². The van der Waals surface area contributed by atoms with Crippen molar-refractivity contribution in [1.82, 2.24) is 10.2 Å². The molecule has 1 unspecified atom stereocenters. The van der Waals surface area contributed by atoms with Gasteiger partial charge in [-0.2, -0.15) is 0 Å². The second kappa shape index (κ2) is 14.5. The summed E-state index contributed by atoms with van der Waals surface area (Å²) in [6.45, 7) is 7.93. The number of urea groups is 1. The molecule has 41 heavy (non-hydrogen) atoms. The standard InChI is InChI=1S/C30H39ClN2O8/c1-6-40-24-15-23(26(31)27(41-7-2)25(24)20(4)34)19(3)33(13-14-39-18-21-11-9-8-10-12-21)29(37)32-30(28(35)36)16-22(17-30)38-5/h8-12,15,19,22H,6-7,13-14,16-18H2,1-5H3,(H,32,37)(H,35,36). The van der Waals surface area contributed by atoms with Crippen molar-refractivity contribution >= 4 is 29.4 Å². The molecule has 1 fully saturated rings. The molecule has 2 aromatic carbocycles. The molecule has 10 nitrogen and oxygen atoms in total. The zero-order valence-electron chi connectivity index (χ0n) is 24.2. The Labute approximate surface area is 245 Å². The molecule has 11 heteroatoms. The minimum absolute atomic E-state index is 0.127. The Morgan fingerprint density at radius 3 is 2.37 bits per heavy atom. The van der Waals surface area contributed by atoms with Gasteiger partial charge in [0.1, 0.15) is 16.9 Å². The highest BCUT2D eigenvalue weighted by Crippen LogP contribution is 2.43. The Balaban J connectivity index is 1.95. The molecular weight excluding hydrogens is 552 g/mol. The van der Waals surface area contributed by atoms with Crippen LogP contribution in [0.3, 0.4) is 0 Å². The number of carbonyl (C=O) groups excluding carboxylic acids is 2. The fourth-order valence-corrected chi connectivity index (χ4v) is 5.23. The monoisotopic (exact) mass is 590 g/mol. The molecule has 2 aromatic rings. The smallest absolute Gasteiger partial charge is 0.329 e. The number of amides is 2. The van der Waals surface area contributed by atoms with Crippen LogP contribution in [0.4, 0.5) is 4.79 Å². The summed E-state index contributed by atoms with van der Waals surface area (Å²) in [6.07, 6.45) is 0.0328. The molecule has 0 aliphatic heterocycles. The summed E-state index contributed by atoms with van der Waals surface area (Å²) < 4.78 is 22.7. The summed E-state index contributed by atoms with van der Waals surface area (Å²) in [7, 11) is 1.51. The molecule has 1 atom stereocenters. The number of hydrogen-bond acceptors (Lipinski definition) is 7. The van der Waals surface area contributed by atoms with Crippen LogP contribution in [0.15, 0.2) is 36.4 Å². The van der Waals surface area contributed by atoms with Crippen LogP contribution in [0.2, 0.25) is 5.02 Å². The van der Waals surface area contributed by atoms with Gasteiger partial charge in [-0.15, -0.1) is 0 Å². The maximum absolute atomic E-state index is 13.7. The minimum atomic E-state index is -1.45. The number of carboxylic acid groups (broad SMARTS) is 1.